The molecule has 3 N–H and O–H groups in total. The smallest absolute Gasteiger partial charge is 0.236 e. The number of halogens is 2. The van der Waals surface area contributed by atoms with Crippen LogP contribution in [-0.4, -0.2) is 26.8 Å². The molecule has 0 fully saturated rings. The maximum absolute atomic E-state index is 11.7. The SMILES string of the molecule is Nc1nnc(SCC(=O)Nc2ncc(Cl)cc2Cl)s1. The number of carbonyl (C=O) groups is 1. The number of nitrogens with two attached hydrogens (primary N) is 1. The van der Waals surface area contributed by atoms with Gasteiger partial charge in [0.1, 0.15) is 0 Å². The Kier molecular flexibility index (Phi) is 4.81. The Balaban J connectivity index is 1.90. The lowest BCUT2D eigenvalue weighted by atomic mass is 10.4. The summed E-state index contributed by atoms with van der Waals surface area (Å²) in [5.41, 5.74) is 5.43. The van der Waals surface area contributed by atoms with Gasteiger partial charge in [-0.2, -0.15) is 0 Å². The Labute approximate surface area is 126 Å². The fraction of sp³-hybridized carbons (Fsp3) is 0.111. The molecule has 0 saturated carbocycles. The highest BCUT2D eigenvalue weighted by molar-refractivity contribution is 8.01. The van der Waals surface area contributed by atoms with Gasteiger partial charge in [0, 0.05) is 6.20 Å². The van der Waals surface area contributed by atoms with E-state index in [1.165, 1.54) is 35.4 Å². The maximum atomic E-state index is 11.7. The summed E-state index contributed by atoms with van der Waals surface area (Å²) in [6.45, 7) is 0. The molecule has 0 aromatic carbocycles. The third-order valence-corrected chi connectivity index (χ3v) is 4.20. The quantitative estimate of drug-likeness (QED) is 0.834. The third-order valence-electron chi connectivity index (χ3n) is 1.81. The Morgan fingerprint density at radius 3 is 2.89 bits per heavy atom. The first-order valence-corrected chi connectivity index (χ1v) is 7.43. The molecule has 0 bridgehead atoms. The van der Waals surface area contributed by atoms with E-state index in [0.717, 1.165) is 0 Å². The average Bonchev–Trinajstić information content (AvgIpc) is 2.76. The highest BCUT2D eigenvalue weighted by atomic mass is 35.5. The van der Waals surface area contributed by atoms with E-state index >= 15 is 0 Å². The van der Waals surface area contributed by atoms with E-state index in [0.29, 0.717) is 14.5 Å². The monoisotopic (exact) mass is 335 g/mol. The summed E-state index contributed by atoms with van der Waals surface area (Å²) < 4.78 is 0.628. The molecular weight excluding hydrogens is 329 g/mol. The molecule has 6 nitrogen and oxygen atoms in total. The minimum Gasteiger partial charge on any atom is -0.374 e. The Morgan fingerprint density at radius 2 is 2.26 bits per heavy atom. The summed E-state index contributed by atoms with van der Waals surface area (Å²) in [6, 6.07) is 1.50. The molecular formula is C9H7Cl2N5OS2. The average molecular weight is 336 g/mol. The van der Waals surface area contributed by atoms with E-state index in [9.17, 15) is 4.79 Å². The van der Waals surface area contributed by atoms with Crippen molar-refractivity contribution in [3.8, 4) is 0 Å². The van der Waals surface area contributed by atoms with Crippen LogP contribution in [-0.2, 0) is 4.79 Å². The van der Waals surface area contributed by atoms with E-state index < -0.39 is 0 Å². The van der Waals surface area contributed by atoms with Gasteiger partial charge in [-0.15, -0.1) is 10.2 Å². The fourth-order valence-corrected chi connectivity index (χ4v) is 2.94. The van der Waals surface area contributed by atoms with Crippen LogP contribution in [0.2, 0.25) is 10.0 Å². The normalized spacial score (nSPS) is 10.4. The number of nitrogen functional groups attached to an aromatic ring is 1. The molecule has 19 heavy (non-hydrogen) atoms. The summed E-state index contributed by atoms with van der Waals surface area (Å²) in [5.74, 6) is 0.180. The molecule has 0 aliphatic carbocycles. The van der Waals surface area contributed by atoms with Crippen molar-refractivity contribution in [3.63, 3.8) is 0 Å². The summed E-state index contributed by atoms with van der Waals surface area (Å²) in [5, 5.41) is 11.1. The van der Waals surface area contributed by atoms with Crippen molar-refractivity contribution in [2.75, 3.05) is 16.8 Å². The van der Waals surface area contributed by atoms with Crippen LogP contribution in [0.3, 0.4) is 0 Å². The molecule has 0 saturated heterocycles. The molecule has 0 radical (unpaired) electrons. The van der Waals surface area contributed by atoms with Crippen molar-refractivity contribution in [3.05, 3.63) is 22.3 Å². The van der Waals surface area contributed by atoms with Gasteiger partial charge in [-0.3, -0.25) is 4.79 Å². The van der Waals surface area contributed by atoms with Gasteiger partial charge in [-0.1, -0.05) is 46.3 Å². The topological polar surface area (TPSA) is 93.8 Å². The number of carbonyl (C=O) groups excluding carboxylic acids is 1. The molecule has 0 atom stereocenters. The molecule has 10 heteroatoms. The molecule has 2 heterocycles. The van der Waals surface area contributed by atoms with Crippen LogP contribution < -0.4 is 11.1 Å². The Bertz CT molecular complexity index is 606. The first-order valence-electron chi connectivity index (χ1n) is 4.87. The number of thioether (sulfide) groups is 1. The number of rotatable bonds is 4. The first-order chi connectivity index (χ1) is 9.04. The molecule has 2 aromatic heterocycles. The van der Waals surface area contributed by atoms with Gasteiger partial charge in [0.25, 0.3) is 0 Å². The van der Waals surface area contributed by atoms with E-state index in [1.807, 2.05) is 0 Å². The van der Waals surface area contributed by atoms with E-state index in [2.05, 4.69) is 20.5 Å². The van der Waals surface area contributed by atoms with Crippen LogP contribution in [0.5, 0.6) is 0 Å². The van der Waals surface area contributed by atoms with Crippen molar-refractivity contribution in [1.29, 1.82) is 0 Å². The number of nitrogens with one attached hydrogen (secondary N) is 1. The van der Waals surface area contributed by atoms with Gasteiger partial charge in [-0.25, -0.2) is 4.98 Å². The number of aromatic nitrogens is 3. The summed E-state index contributed by atoms with van der Waals surface area (Å²) >= 11 is 14.1. The fourth-order valence-electron chi connectivity index (χ4n) is 1.08. The molecule has 2 aromatic rings. The van der Waals surface area contributed by atoms with Crippen LogP contribution in [0.15, 0.2) is 16.6 Å². The zero-order valence-corrected chi connectivity index (χ0v) is 12.4. The zero-order valence-electron chi connectivity index (χ0n) is 9.26. The number of hydrogen-bond donors (Lipinski definition) is 2. The number of nitrogens with zero attached hydrogens (tertiary/aromatic N) is 3. The third kappa shape index (κ3) is 4.20. The molecule has 0 unspecified atom stereocenters. The molecule has 0 aliphatic rings. The predicted octanol–water partition coefficient (Wildman–Crippen LogP) is 2.55. The van der Waals surface area contributed by atoms with Gasteiger partial charge in [0.2, 0.25) is 11.0 Å². The molecule has 0 aliphatic heterocycles. The Hall–Kier alpha value is -1.09. The molecule has 100 valence electrons. The minimum absolute atomic E-state index is 0.162. The Morgan fingerprint density at radius 1 is 1.47 bits per heavy atom. The second-order valence-corrected chi connectivity index (χ2v) is 6.30. The van der Waals surface area contributed by atoms with Gasteiger partial charge >= 0.3 is 0 Å². The second-order valence-electron chi connectivity index (χ2n) is 3.23. The number of hydrogen-bond acceptors (Lipinski definition) is 7. The standard InChI is InChI=1S/C9H7Cl2N5OS2/c10-4-1-5(11)7(13-2-4)14-6(17)3-18-9-16-15-8(12)19-9/h1-2H,3H2,(H2,12,15)(H,13,14,17). The van der Waals surface area contributed by atoms with Crippen LogP contribution in [0.4, 0.5) is 10.9 Å². The van der Waals surface area contributed by atoms with Crippen molar-refractivity contribution in [2.24, 2.45) is 0 Å². The van der Waals surface area contributed by atoms with E-state index in [-0.39, 0.29) is 22.5 Å². The summed E-state index contributed by atoms with van der Waals surface area (Å²) in [7, 11) is 0. The zero-order chi connectivity index (χ0) is 13.8. The molecule has 1 amide bonds. The van der Waals surface area contributed by atoms with Crippen LogP contribution in [0, 0.1) is 0 Å². The number of anilines is 2. The molecule has 2 rings (SSSR count). The lowest BCUT2D eigenvalue weighted by molar-refractivity contribution is -0.113. The van der Waals surface area contributed by atoms with Gasteiger partial charge in [-0.05, 0) is 6.07 Å². The summed E-state index contributed by atoms with van der Waals surface area (Å²) in [4.78, 5) is 15.6. The van der Waals surface area contributed by atoms with Gasteiger partial charge < -0.3 is 11.1 Å². The van der Waals surface area contributed by atoms with Crippen LogP contribution in [0.1, 0.15) is 0 Å². The van der Waals surface area contributed by atoms with Crippen molar-refractivity contribution < 1.29 is 4.79 Å². The largest absolute Gasteiger partial charge is 0.374 e. The lowest BCUT2D eigenvalue weighted by Gasteiger charge is -2.05. The van der Waals surface area contributed by atoms with Gasteiger partial charge in [0.15, 0.2) is 10.2 Å². The number of amides is 1. The first kappa shape index (κ1) is 14.3. The van der Waals surface area contributed by atoms with Crippen LogP contribution in [0.25, 0.3) is 0 Å². The second kappa shape index (κ2) is 6.38. The highest BCUT2D eigenvalue weighted by Crippen LogP contribution is 2.25. The van der Waals surface area contributed by atoms with Gasteiger partial charge in [0.05, 0.1) is 15.8 Å². The minimum atomic E-state index is -0.254. The predicted molar refractivity (Wildman–Crippen MR) is 77.9 cm³/mol. The maximum Gasteiger partial charge on any atom is 0.236 e. The number of pyridine rings is 1. The van der Waals surface area contributed by atoms with E-state index in [1.54, 1.807) is 0 Å². The van der Waals surface area contributed by atoms with Crippen molar-refractivity contribution >= 4 is 63.2 Å². The highest BCUT2D eigenvalue weighted by Gasteiger charge is 2.10. The van der Waals surface area contributed by atoms with Crippen molar-refractivity contribution in [2.45, 2.75) is 4.34 Å². The van der Waals surface area contributed by atoms with Crippen molar-refractivity contribution in [1.82, 2.24) is 15.2 Å². The van der Waals surface area contributed by atoms with E-state index in [4.69, 9.17) is 28.9 Å². The summed E-state index contributed by atoms with van der Waals surface area (Å²) in [6.07, 6.45) is 1.40. The lowest BCUT2D eigenvalue weighted by Crippen LogP contribution is -2.15. The van der Waals surface area contributed by atoms with Crippen LogP contribution >= 0.6 is 46.3 Å². The molecule has 0 spiro atoms.